The molecule has 7 nitrogen and oxygen atoms in total. The first-order chi connectivity index (χ1) is 14.5. The zero-order valence-electron chi connectivity index (χ0n) is 19.3. The van der Waals surface area contributed by atoms with E-state index in [9.17, 15) is 0 Å². The first kappa shape index (κ1) is 26.8. The summed E-state index contributed by atoms with van der Waals surface area (Å²) in [6, 6.07) is 14.0. The van der Waals surface area contributed by atoms with Crippen LogP contribution in [0.5, 0.6) is 17.2 Å². The van der Waals surface area contributed by atoms with E-state index in [0.29, 0.717) is 13.1 Å². The lowest BCUT2D eigenvalue weighted by Crippen LogP contribution is -2.41. The molecule has 1 atom stereocenters. The largest absolute Gasteiger partial charge is 0.497 e. The molecule has 0 heterocycles. The molecule has 0 radical (unpaired) electrons. The first-order valence-electron chi connectivity index (χ1n) is 10.1. The molecule has 2 rings (SSSR count). The molecule has 0 bridgehead atoms. The number of aliphatic imine (C=N–C) groups is 1. The highest BCUT2D eigenvalue weighted by atomic mass is 127. The standard InChI is InChI=1S/C23H34N4O3.HI/c1-7-24-23(25-15-17-12-13-18(28-4)14-22(17)30-6)26-16-20(27(2)3)19-10-8-9-11-21(19)29-5;/h8-14,20H,7,15-16H2,1-6H3,(H2,24,25,26);1H. The molecule has 0 aliphatic carbocycles. The van der Waals surface area contributed by atoms with Crippen molar-refractivity contribution < 1.29 is 14.2 Å². The van der Waals surface area contributed by atoms with Crippen molar-refractivity contribution >= 4 is 29.9 Å². The smallest absolute Gasteiger partial charge is 0.191 e. The Morgan fingerprint density at radius 3 is 2.29 bits per heavy atom. The number of nitrogens with one attached hydrogen (secondary N) is 2. The minimum atomic E-state index is 0. The maximum absolute atomic E-state index is 5.56. The molecule has 0 aliphatic rings. The Hall–Kier alpha value is -2.20. The summed E-state index contributed by atoms with van der Waals surface area (Å²) in [5.41, 5.74) is 2.12. The number of methoxy groups -OCH3 is 3. The summed E-state index contributed by atoms with van der Waals surface area (Å²) in [6.07, 6.45) is 0. The average Bonchev–Trinajstić information content (AvgIpc) is 2.77. The quantitative estimate of drug-likeness (QED) is 0.271. The van der Waals surface area contributed by atoms with Crippen LogP contribution in [0.2, 0.25) is 0 Å². The number of hydrogen-bond donors (Lipinski definition) is 2. The number of nitrogens with zero attached hydrogens (tertiary/aromatic N) is 2. The van der Waals surface area contributed by atoms with Crippen LogP contribution in [0.25, 0.3) is 0 Å². The van der Waals surface area contributed by atoms with Crippen molar-refractivity contribution in [2.75, 3.05) is 48.5 Å². The summed E-state index contributed by atoms with van der Waals surface area (Å²) in [5.74, 6) is 3.14. The zero-order valence-corrected chi connectivity index (χ0v) is 21.6. The monoisotopic (exact) mass is 542 g/mol. The lowest BCUT2D eigenvalue weighted by atomic mass is 10.0. The Bertz CT molecular complexity index is 830. The number of likely N-dealkylation sites (N-methyl/N-ethyl adjacent to an activating group) is 1. The van der Waals surface area contributed by atoms with Gasteiger partial charge in [0.15, 0.2) is 5.96 Å². The van der Waals surface area contributed by atoms with Gasteiger partial charge in [0, 0.05) is 30.3 Å². The van der Waals surface area contributed by atoms with Gasteiger partial charge < -0.3 is 29.7 Å². The van der Waals surface area contributed by atoms with Crippen LogP contribution in [-0.4, -0.2) is 59.4 Å². The fourth-order valence-electron chi connectivity index (χ4n) is 3.19. The molecule has 1 unspecified atom stereocenters. The van der Waals surface area contributed by atoms with Crippen LogP contribution in [0.3, 0.4) is 0 Å². The highest BCUT2D eigenvalue weighted by Gasteiger charge is 2.18. The maximum atomic E-state index is 5.56. The van der Waals surface area contributed by atoms with Crippen molar-refractivity contribution in [1.29, 1.82) is 0 Å². The Balaban J connectivity index is 0.00000480. The third kappa shape index (κ3) is 7.77. The third-order valence-electron chi connectivity index (χ3n) is 4.83. The highest BCUT2D eigenvalue weighted by molar-refractivity contribution is 14.0. The van der Waals surface area contributed by atoms with E-state index in [1.165, 1.54) is 0 Å². The van der Waals surface area contributed by atoms with Crippen molar-refractivity contribution in [3.63, 3.8) is 0 Å². The van der Waals surface area contributed by atoms with Crippen molar-refractivity contribution in [3.8, 4) is 17.2 Å². The van der Waals surface area contributed by atoms with Gasteiger partial charge in [-0.1, -0.05) is 18.2 Å². The van der Waals surface area contributed by atoms with Crippen LogP contribution in [0.4, 0.5) is 0 Å². The summed E-state index contributed by atoms with van der Waals surface area (Å²) < 4.78 is 16.3. The second-order valence-electron chi connectivity index (χ2n) is 6.98. The summed E-state index contributed by atoms with van der Waals surface area (Å²) in [5, 5.41) is 6.77. The SMILES string of the molecule is CCNC(=NCc1ccc(OC)cc1OC)NCC(c1ccccc1OC)N(C)C.I. The molecule has 0 amide bonds. The zero-order chi connectivity index (χ0) is 21.9. The molecule has 2 aromatic carbocycles. The molecule has 0 saturated heterocycles. The van der Waals surface area contributed by atoms with Crippen LogP contribution in [-0.2, 0) is 6.54 Å². The minimum Gasteiger partial charge on any atom is -0.497 e. The highest BCUT2D eigenvalue weighted by Crippen LogP contribution is 2.27. The van der Waals surface area contributed by atoms with Gasteiger partial charge in [-0.25, -0.2) is 4.99 Å². The van der Waals surface area contributed by atoms with E-state index in [4.69, 9.17) is 19.2 Å². The van der Waals surface area contributed by atoms with Crippen molar-refractivity contribution in [2.24, 2.45) is 4.99 Å². The Kier molecular flexibility index (Phi) is 12.1. The van der Waals surface area contributed by atoms with Gasteiger partial charge in [0.2, 0.25) is 0 Å². The molecule has 172 valence electrons. The summed E-state index contributed by atoms with van der Waals surface area (Å²) in [4.78, 5) is 6.91. The number of rotatable bonds is 10. The predicted octanol–water partition coefficient (Wildman–Crippen LogP) is 3.69. The molecule has 0 aliphatic heterocycles. The second kappa shape index (κ2) is 14.0. The van der Waals surface area contributed by atoms with Gasteiger partial charge in [0.1, 0.15) is 17.2 Å². The van der Waals surface area contributed by atoms with E-state index in [-0.39, 0.29) is 30.0 Å². The Labute approximate surface area is 203 Å². The third-order valence-corrected chi connectivity index (χ3v) is 4.83. The molecular formula is C23H35IN4O3. The number of ether oxygens (including phenoxy) is 3. The van der Waals surface area contributed by atoms with Crippen molar-refractivity contribution in [2.45, 2.75) is 19.5 Å². The normalized spacial score (nSPS) is 12.0. The number of halogens is 1. The van der Waals surface area contributed by atoms with Gasteiger partial charge >= 0.3 is 0 Å². The lowest BCUT2D eigenvalue weighted by Gasteiger charge is -2.27. The van der Waals surface area contributed by atoms with E-state index in [2.05, 4.69) is 42.6 Å². The molecule has 31 heavy (non-hydrogen) atoms. The second-order valence-corrected chi connectivity index (χ2v) is 6.98. The molecule has 2 aromatic rings. The van der Waals surface area contributed by atoms with E-state index in [1.54, 1.807) is 21.3 Å². The molecule has 0 fully saturated rings. The van der Waals surface area contributed by atoms with E-state index >= 15 is 0 Å². The molecular weight excluding hydrogens is 507 g/mol. The number of guanidine groups is 1. The number of benzene rings is 2. The van der Waals surface area contributed by atoms with E-state index in [0.717, 1.165) is 40.9 Å². The fourth-order valence-corrected chi connectivity index (χ4v) is 3.19. The van der Waals surface area contributed by atoms with Crippen molar-refractivity contribution in [3.05, 3.63) is 53.6 Å². The Morgan fingerprint density at radius 2 is 1.68 bits per heavy atom. The topological polar surface area (TPSA) is 67.4 Å². The van der Waals surface area contributed by atoms with Crippen LogP contribution in [0, 0.1) is 0 Å². The summed E-state index contributed by atoms with van der Waals surface area (Å²) >= 11 is 0. The van der Waals surface area contributed by atoms with Crippen LogP contribution in [0.15, 0.2) is 47.5 Å². The van der Waals surface area contributed by atoms with Gasteiger partial charge in [-0.05, 0) is 39.2 Å². The number of hydrogen-bond acceptors (Lipinski definition) is 5. The predicted molar refractivity (Wildman–Crippen MR) is 137 cm³/mol. The van der Waals surface area contributed by atoms with Crippen LogP contribution >= 0.6 is 24.0 Å². The molecule has 0 spiro atoms. The summed E-state index contributed by atoms with van der Waals surface area (Å²) in [7, 11) is 9.12. The fraction of sp³-hybridized carbons (Fsp3) is 0.435. The molecule has 2 N–H and O–H groups in total. The van der Waals surface area contributed by atoms with E-state index in [1.807, 2.05) is 36.4 Å². The van der Waals surface area contributed by atoms with Crippen molar-refractivity contribution in [1.82, 2.24) is 15.5 Å². The number of para-hydroxylation sites is 1. The van der Waals surface area contributed by atoms with Crippen LogP contribution < -0.4 is 24.8 Å². The van der Waals surface area contributed by atoms with Gasteiger partial charge in [-0.2, -0.15) is 0 Å². The van der Waals surface area contributed by atoms with Gasteiger partial charge in [-0.15, -0.1) is 24.0 Å². The molecule has 0 saturated carbocycles. The Morgan fingerprint density at radius 1 is 0.968 bits per heavy atom. The van der Waals surface area contributed by atoms with E-state index < -0.39 is 0 Å². The maximum Gasteiger partial charge on any atom is 0.191 e. The van der Waals surface area contributed by atoms with Crippen LogP contribution in [0.1, 0.15) is 24.1 Å². The first-order valence-corrected chi connectivity index (χ1v) is 10.1. The summed E-state index contributed by atoms with van der Waals surface area (Å²) in [6.45, 7) is 3.99. The van der Waals surface area contributed by atoms with Gasteiger partial charge in [0.05, 0.1) is 33.9 Å². The van der Waals surface area contributed by atoms with Gasteiger partial charge in [0.25, 0.3) is 0 Å². The minimum absolute atomic E-state index is 0. The average molecular weight is 542 g/mol. The lowest BCUT2D eigenvalue weighted by molar-refractivity contribution is 0.287. The molecule has 8 heteroatoms. The van der Waals surface area contributed by atoms with Gasteiger partial charge in [-0.3, -0.25) is 0 Å². The molecule has 0 aromatic heterocycles.